The van der Waals surface area contributed by atoms with E-state index >= 15 is 0 Å². The quantitative estimate of drug-likeness (QED) is 0.307. The molecule has 0 aliphatic carbocycles. The smallest absolute Gasteiger partial charge is 0.274 e. The Bertz CT molecular complexity index is 1370. The van der Waals surface area contributed by atoms with Gasteiger partial charge in [0.2, 0.25) is 0 Å². The Hall–Kier alpha value is -4.66. The Morgan fingerprint density at radius 1 is 1.03 bits per heavy atom. The number of para-hydroxylation sites is 1. The molecule has 0 radical (unpaired) electrons. The molecule has 1 amide bonds. The summed E-state index contributed by atoms with van der Waals surface area (Å²) < 4.78 is 12.4. The molecule has 0 aliphatic rings. The van der Waals surface area contributed by atoms with Crippen LogP contribution in [0.4, 0.5) is 11.4 Å². The number of aromatic nitrogens is 2. The van der Waals surface area contributed by atoms with E-state index in [1.165, 1.54) is 13.2 Å². The molecular formula is C25H22N4O5. The lowest BCUT2D eigenvalue weighted by Gasteiger charge is -2.10. The Balaban J connectivity index is 1.80. The number of nitro groups is 1. The van der Waals surface area contributed by atoms with E-state index in [4.69, 9.17) is 9.47 Å². The van der Waals surface area contributed by atoms with E-state index in [1.807, 2.05) is 30.3 Å². The van der Waals surface area contributed by atoms with Gasteiger partial charge in [0.25, 0.3) is 11.6 Å². The average molecular weight is 458 g/mol. The van der Waals surface area contributed by atoms with E-state index in [0.717, 1.165) is 5.69 Å². The summed E-state index contributed by atoms with van der Waals surface area (Å²) in [5, 5.41) is 18.7. The van der Waals surface area contributed by atoms with Crippen LogP contribution in [0.3, 0.4) is 0 Å². The Morgan fingerprint density at radius 2 is 1.79 bits per heavy atom. The first-order chi connectivity index (χ1) is 16.4. The van der Waals surface area contributed by atoms with Crippen molar-refractivity contribution in [1.82, 2.24) is 9.78 Å². The number of nitro benzene ring substituents is 1. The fourth-order valence-corrected chi connectivity index (χ4v) is 3.53. The molecule has 3 aromatic carbocycles. The van der Waals surface area contributed by atoms with Gasteiger partial charge in [0.1, 0.15) is 17.2 Å². The summed E-state index contributed by atoms with van der Waals surface area (Å²) in [6, 6.07) is 19.1. The standard InChI is InChI=1S/C25H22N4O5/c1-16-9-10-17(13-22(16)29(31)32)26-25(30)21-15-28(18-7-5-4-6-8-18)27-24(21)20-12-11-19(33-2)14-23(20)34-3/h4-15H,1-3H3,(H,26,30). The molecule has 0 saturated carbocycles. The van der Waals surface area contributed by atoms with Crippen LogP contribution in [0.2, 0.25) is 0 Å². The number of hydrogen-bond acceptors (Lipinski definition) is 6. The number of ether oxygens (including phenoxy) is 2. The van der Waals surface area contributed by atoms with Gasteiger partial charge in [0, 0.05) is 35.1 Å². The number of aryl methyl sites for hydroxylation is 1. The van der Waals surface area contributed by atoms with Gasteiger partial charge in [-0.15, -0.1) is 0 Å². The van der Waals surface area contributed by atoms with E-state index in [0.29, 0.717) is 34.0 Å². The number of nitrogens with zero attached hydrogens (tertiary/aromatic N) is 3. The molecule has 34 heavy (non-hydrogen) atoms. The summed E-state index contributed by atoms with van der Waals surface area (Å²) in [5.74, 6) is 0.618. The van der Waals surface area contributed by atoms with Gasteiger partial charge in [0.05, 0.1) is 30.4 Å². The third kappa shape index (κ3) is 4.44. The minimum absolute atomic E-state index is 0.0742. The predicted octanol–water partition coefficient (Wildman–Crippen LogP) is 5.03. The number of rotatable bonds is 7. The number of anilines is 1. The number of carbonyl (C=O) groups excluding carboxylic acids is 1. The molecule has 1 aromatic heterocycles. The second kappa shape index (κ2) is 9.45. The third-order valence-electron chi connectivity index (χ3n) is 5.31. The fraction of sp³-hybridized carbons (Fsp3) is 0.120. The van der Waals surface area contributed by atoms with Crippen LogP contribution in [0.25, 0.3) is 16.9 Å². The van der Waals surface area contributed by atoms with E-state index in [9.17, 15) is 14.9 Å². The summed E-state index contributed by atoms with van der Waals surface area (Å²) in [5.41, 5.74) is 2.76. The topological polar surface area (TPSA) is 109 Å². The Kier molecular flexibility index (Phi) is 6.26. The first-order valence-corrected chi connectivity index (χ1v) is 10.3. The first-order valence-electron chi connectivity index (χ1n) is 10.3. The zero-order valence-electron chi connectivity index (χ0n) is 18.8. The van der Waals surface area contributed by atoms with E-state index in [2.05, 4.69) is 10.4 Å². The van der Waals surface area contributed by atoms with E-state index < -0.39 is 10.8 Å². The van der Waals surface area contributed by atoms with E-state index in [-0.39, 0.29) is 11.3 Å². The van der Waals surface area contributed by atoms with Gasteiger partial charge in [-0.2, -0.15) is 5.10 Å². The van der Waals surface area contributed by atoms with Gasteiger partial charge in [-0.3, -0.25) is 14.9 Å². The number of nitrogens with one attached hydrogen (secondary N) is 1. The van der Waals surface area contributed by atoms with Crippen molar-refractivity contribution in [3.05, 3.63) is 94.2 Å². The lowest BCUT2D eigenvalue weighted by atomic mass is 10.1. The van der Waals surface area contributed by atoms with Crippen molar-refractivity contribution in [1.29, 1.82) is 0 Å². The highest BCUT2D eigenvalue weighted by Gasteiger charge is 2.22. The van der Waals surface area contributed by atoms with Crippen LogP contribution in [0, 0.1) is 17.0 Å². The second-order valence-corrected chi connectivity index (χ2v) is 7.45. The molecule has 4 aromatic rings. The molecule has 0 saturated heterocycles. The summed E-state index contributed by atoms with van der Waals surface area (Å²) in [6.07, 6.45) is 1.62. The van der Waals surface area contributed by atoms with Crippen LogP contribution in [0.5, 0.6) is 11.5 Å². The first kappa shape index (κ1) is 22.5. The zero-order chi connectivity index (χ0) is 24.2. The van der Waals surface area contributed by atoms with Crippen molar-refractivity contribution in [2.24, 2.45) is 0 Å². The number of methoxy groups -OCH3 is 2. The van der Waals surface area contributed by atoms with Crippen molar-refractivity contribution in [2.75, 3.05) is 19.5 Å². The summed E-state index contributed by atoms with van der Waals surface area (Å²) in [7, 11) is 3.08. The maximum Gasteiger partial charge on any atom is 0.274 e. The van der Waals surface area contributed by atoms with Gasteiger partial charge in [0.15, 0.2) is 0 Å². The van der Waals surface area contributed by atoms with E-state index in [1.54, 1.807) is 55.2 Å². The molecule has 1 heterocycles. The molecule has 172 valence electrons. The molecule has 0 spiro atoms. The normalized spacial score (nSPS) is 10.6. The highest BCUT2D eigenvalue weighted by molar-refractivity contribution is 6.08. The van der Waals surface area contributed by atoms with Gasteiger partial charge >= 0.3 is 0 Å². The second-order valence-electron chi connectivity index (χ2n) is 7.45. The highest BCUT2D eigenvalue weighted by atomic mass is 16.6. The number of benzene rings is 3. The van der Waals surface area contributed by atoms with Crippen LogP contribution in [0.15, 0.2) is 72.9 Å². The minimum Gasteiger partial charge on any atom is -0.497 e. The molecular weight excluding hydrogens is 436 g/mol. The van der Waals surface area contributed by atoms with Crippen molar-refractivity contribution in [2.45, 2.75) is 6.92 Å². The summed E-state index contributed by atoms with van der Waals surface area (Å²) in [4.78, 5) is 24.2. The number of hydrogen-bond donors (Lipinski definition) is 1. The molecule has 1 N–H and O–H groups in total. The molecule has 9 heteroatoms. The van der Waals surface area contributed by atoms with Gasteiger partial charge in [-0.25, -0.2) is 4.68 Å². The van der Waals surface area contributed by atoms with Crippen molar-refractivity contribution in [3.63, 3.8) is 0 Å². The van der Waals surface area contributed by atoms with Crippen LogP contribution >= 0.6 is 0 Å². The largest absolute Gasteiger partial charge is 0.497 e. The lowest BCUT2D eigenvalue weighted by molar-refractivity contribution is -0.385. The number of carbonyl (C=O) groups is 1. The SMILES string of the molecule is COc1ccc(-c2nn(-c3ccccc3)cc2C(=O)Nc2ccc(C)c([N+](=O)[O-])c2)c(OC)c1. The van der Waals surface area contributed by atoms with Crippen LogP contribution in [-0.4, -0.2) is 34.8 Å². The third-order valence-corrected chi connectivity index (χ3v) is 5.31. The predicted molar refractivity (Wildman–Crippen MR) is 128 cm³/mol. The van der Waals surface area contributed by atoms with Crippen molar-refractivity contribution >= 4 is 17.3 Å². The van der Waals surface area contributed by atoms with Crippen LogP contribution < -0.4 is 14.8 Å². The van der Waals surface area contributed by atoms with Crippen LogP contribution in [0.1, 0.15) is 15.9 Å². The molecule has 0 fully saturated rings. The zero-order valence-corrected chi connectivity index (χ0v) is 18.8. The minimum atomic E-state index is -0.480. The molecule has 0 unspecified atom stereocenters. The van der Waals surface area contributed by atoms with Crippen molar-refractivity contribution in [3.8, 4) is 28.4 Å². The average Bonchev–Trinajstić information content (AvgIpc) is 3.30. The number of amides is 1. The fourth-order valence-electron chi connectivity index (χ4n) is 3.53. The molecule has 9 nitrogen and oxygen atoms in total. The van der Waals surface area contributed by atoms with Gasteiger partial charge in [-0.1, -0.05) is 24.3 Å². The van der Waals surface area contributed by atoms with Gasteiger partial charge in [-0.05, 0) is 37.3 Å². The Morgan fingerprint density at radius 3 is 2.47 bits per heavy atom. The summed E-state index contributed by atoms with van der Waals surface area (Å²) >= 11 is 0. The molecule has 4 rings (SSSR count). The Labute approximate surface area is 195 Å². The van der Waals surface area contributed by atoms with Crippen molar-refractivity contribution < 1.29 is 19.2 Å². The summed E-state index contributed by atoms with van der Waals surface area (Å²) in [6.45, 7) is 1.64. The van der Waals surface area contributed by atoms with Crippen LogP contribution in [-0.2, 0) is 0 Å². The highest BCUT2D eigenvalue weighted by Crippen LogP contribution is 2.35. The maximum atomic E-state index is 13.3. The monoisotopic (exact) mass is 458 g/mol. The molecule has 0 bridgehead atoms. The molecule has 0 aliphatic heterocycles. The molecule has 0 atom stereocenters. The van der Waals surface area contributed by atoms with Gasteiger partial charge < -0.3 is 14.8 Å². The maximum absolute atomic E-state index is 13.3. The lowest BCUT2D eigenvalue weighted by Crippen LogP contribution is -2.12.